The van der Waals surface area contributed by atoms with Gasteiger partial charge < -0.3 is 15.1 Å². The minimum Gasteiger partial charge on any atom is -0.368 e. The van der Waals surface area contributed by atoms with Crippen LogP contribution in [-0.4, -0.2) is 50.1 Å². The SMILES string of the molecule is CCNCCC(=O)N1CCN(c2cccc(C)c2C)CC1. The molecule has 4 nitrogen and oxygen atoms in total. The summed E-state index contributed by atoms with van der Waals surface area (Å²) in [6, 6.07) is 6.45. The second-order valence-electron chi connectivity index (χ2n) is 5.69. The molecule has 1 aromatic rings. The zero-order chi connectivity index (χ0) is 15.2. The summed E-state index contributed by atoms with van der Waals surface area (Å²) < 4.78 is 0. The zero-order valence-corrected chi connectivity index (χ0v) is 13.5. The first-order valence-electron chi connectivity index (χ1n) is 7.93. The highest BCUT2D eigenvalue weighted by Gasteiger charge is 2.21. The maximum atomic E-state index is 12.1. The molecule has 1 N–H and O–H groups in total. The minimum atomic E-state index is 0.275. The van der Waals surface area contributed by atoms with E-state index in [2.05, 4.69) is 49.2 Å². The molecule has 116 valence electrons. The molecule has 0 bridgehead atoms. The number of aryl methyl sites for hydroxylation is 1. The van der Waals surface area contributed by atoms with E-state index in [0.29, 0.717) is 6.42 Å². The predicted molar refractivity (Wildman–Crippen MR) is 87.9 cm³/mol. The number of amides is 1. The van der Waals surface area contributed by atoms with E-state index >= 15 is 0 Å². The van der Waals surface area contributed by atoms with Crippen molar-refractivity contribution < 1.29 is 4.79 Å². The molecule has 0 saturated carbocycles. The lowest BCUT2D eigenvalue weighted by atomic mass is 10.1. The van der Waals surface area contributed by atoms with Crippen LogP contribution in [0.15, 0.2) is 18.2 Å². The summed E-state index contributed by atoms with van der Waals surface area (Å²) in [7, 11) is 0. The number of benzene rings is 1. The highest BCUT2D eigenvalue weighted by atomic mass is 16.2. The molecule has 0 aliphatic carbocycles. The number of anilines is 1. The molecule has 1 aliphatic heterocycles. The molecule has 0 atom stereocenters. The van der Waals surface area contributed by atoms with Gasteiger partial charge in [-0.3, -0.25) is 4.79 Å². The van der Waals surface area contributed by atoms with Gasteiger partial charge in [0.15, 0.2) is 0 Å². The van der Waals surface area contributed by atoms with Crippen LogP contribution in [0.25, 0.3) is 0 Å². The van der Waals surface area contributed by atoms with Gasteiger partial charge in [0.1, 0.15) is 0 Å². The Bertz CT molecular complexity index is 479. The molecule has 0 aromatic heterocycles. The van der Waals surface area contributed by atoms with Gasteiger partial charge in [-0.15, -0.1) is 0 Å². The third-order valence-corrected chi connectivity index (χ3v) is 4.31. The third-order valence-electron chi connectivity index (χ3n) is 4.31. The van der Waals surface area contributed by atoms with Crippen molar-refractivity contribution in [1.29, 1.82) is 0 Å². The fourth-order valence-corrected chi connectivity index (χ4v) is 2.81. The molecule has 1 saturated heterocycles. The fourth-order valence-electron chi connectivity index (χ4n) is 2.81. The van der Waals surface area contributed by atoms with E-state index in [1.165, 1.54) is 16.8 Å². The Morgan fingerprint density at radius 3 is 2.57 bits per heavy atom. The molecule has 1 aromatic carbocycles. The first kappa shape index (κ1) is 15.8. The molecule has 4 heteroatoms. The Hall–Kier alpha value is -1.55. The van der Waals surface area contributed by atoms with Crippen LogP contribution < -0.4 is 10.2 Å². The molecule has 21 heavy (non-hydrogen) atoms. The van der Waals surface area contributed by atoms with Gasteiger partial charge in [0, 0.05) is 44.8 Å². The third kappa shape index (κ3) is 3.97. The number of hydrogen-bond acceptors (Lipinski definition) is 3. The van der Waals surface area contributed by atoms with Crippen LogP contribution in [0, 0.1) is 13.8 Å². The number of carbonyl (C=O) groups excluding carboxylic acids is 1. The number of rotatable bonds is 5. The Labute approximate surface area is 128 Å². The van der Waals surface area contributed by atoms with E-state index in [9.17, 15) is 4.79 Å². The molecular formula is C17H27N3O. The molecule has 1 heterocycles. The first-order valence-corrected chi connectivity index (χ1v) is 7.93. The Morgan fingerprint density at radius 2 is 1.90 bits per heavy atom. The molecule has 1 aliphatic rings. The van der Waals surface area contributed by atoms with Crippen molar-refractivity contribution in [3.63, 3.8) is 0 Å². The first-order chi connectivity index (χ1) is 10.1. The van der Waals surface area contributed by atoms with Crippen LogP contribution in [0.1, 0.15) is 24.5 Å². The Balaban J connectivity index is 1.88. The molecule has 0 unspecified atom stereocenters. The van der Waals surface area contributed by atoms with Crippen LogP contribution >= 0.6 is 0 Å². The smallest absolute Gasteiger partial charge is 0.223 e. The van der Waals surface area contributed by atoms with Crippen molar-refractivity contribution in [2.75, 3.05) is 44.2 Å². The fraction of sp³-hybridized carbons (Fsp3) is 0.588. The van der Waals surface area contributed by atoms with E-state index in [1.54, 1.807) is 0 Å². The molecule has 1 fully saturated rings. The van der Waals surface area contributed by atoms with Crippen LogP contribution in [-0.2, 0) is 4.79 Å². The van der Waals surface area contributed by atoms with Gasteiger partial charge in [0.2, 0.25) is 5.91 Å². The van der Waals surface area contributed by atoms with Gasteiger partial charge in [0.05, 0.1) is 0 Å². The van der Waals surface area contributed by atoms with E-state index in [1.807, 2.05) is 4.90 Å². The average Bonchev–Trinajstić information content (AvgIpc) is 2.50. The normalized spacial score (nSPS) is 15.4. The predicted octanol–water partition coefficient (Wildman–Crippen LogP) is 1.95. The second kappa shape index (κ2) is 7.46. The van der Waals surface area contributed by atoms with Gasteiger partial charge in [-0.25, -0.2) is 0 Å². The van der Waals surface area contributed by atoms with Gasteiger partial charge in [0.25, 0.3) is 0 Å². The monoisotopic (exact) mass is 289 g/mol. The summed E-state index contributed by atoms with van der Waals surface area (Å²) in [5, 5.41) is 3.21. The lowest BCUT2D eigenvalue weighted by Crippen LogP contribution is -2.49. The van der Waals surface area contributed by atoms with Crippen molar-refractivity contribution in [3.05, 3.63) is 29.3 Å². The van der Waals surface area contributed by atoms with Crippen LogP contribution in [0.3, 0.4) is 0 Å². The van der Waals surface area contributed by atoms with Crippen LogP contribution in [0.2, 0.25) is 0 Å². The van der Waals surface area contributed by atoms with Crippen molar-refractivity contribution in [2.24, 2.45) is 0 Å². The van der Waals surface area contributed by atoms with Gasteiger partial charge in [-0.2, -0.15) is 0 Å². The summed E-state index contributed by atoms with van der Waals surface area (Å²) in [4.78, 5) is 16.5. The molecule has 0 radical (unpaired) electrons. The highest BCUT2D eigenvalue weighted by molar-refractivity contribution is 5.76. The maximum absolute atomic E-state index is 12.1. The van der Waals surface area contributed by atoms with Gasteiger partial charge >= 0.3 is 0 Å². The lowest BCUT2D eigenvalue weighted by molar-refractivity contribution is -0.131. The van der Waals surface area contributed by atoms with Gasteiger partial charge in [-0.05, 0) is 37.6 Å². The molecule has 1 amide bonds. The van der Waals surface area contributed by atoms with Crippen molar-refractivity contribution in [1.82, 2.24) is 10.2 Å². The van der Waals surface area contributed by atoms with Crippen LogP contribution in [0.5, 0.6) is 0 Å². The summed E-state index contributed by atoms with van der Waals surface area (Å²) in [5.74, 6) is 0.275. The van der Waals surface area contributed by atoms with Crippen molar-refractivity contribution >= 4 is 11.6 Å². The Morgan fingerprint density at radius 1 is 1.19 bits per heavy atom. The van der Waals surface area contributed by atoms with E-state index < -0.39 is 0 Å². The largest absolute Gasteiger partial charge is 0.368 e. The lowest BCUT2D eigenvalue weighted by Gasteiger charge is -2.37. The number of carbonyl (C=O) groups is 1. The number of nitrogens with zero attached hydrogens (tertiary/aromatic N) is 2. The zero-order valence-electron chi connectivity index (χ0n) is 13.5. The van der Waals surface area contributed by atoms with Gasteiger partial charge in [-0.1, -0.05) is 19.1 Å². The van der Waals surface area contributed by atoms with E-state index in [-0.39, 0.29) is 5.91 Å². The number of nitrogens with one attached hydrogen (secondary N) is 1. The summed E-state index contributed by atoms with van der Waals surface area (Å²) in [6.07, 6.45) is 0.608. The standard InChI is InChI=1S/C17H27N3O/c1-4-18-9-8-17(21)20-12-10-19(11-13-20)16-7-5-6-14(2)15(16)3/h5-7,18H,4,8-13H2,1-3H3. The summed E-state index contributed by atoms with van der Waals surface area (Å²) in [6.45, 7) is 11.6. The summed E-state index contributed by atoms with van der Waals surface area (Å²) in [5.41, 5.74) is 4.00. The summed E-state index contributed by atoms with van der Waals surface area (Å²) >= 11 is 0. The average molecular weight is 289 g/mol. The molecule has 2 rings (SSSR count). The van der Waals surface area contributed by atoms with E-state index in [0.717, 1.165) is 39.3 Å². The second-order valence-corrected chi connectivity index (χ2v) is 5.69. The van der Waals surface area contributed by atoms with Crippen molar-refractivity contribution in [3.8, 4) is 0 Å². The molecule has 0 spiro atoms. The minimum absolute atomic E-state index is 0.275. The highest BCUT2D eigenvalue weighted by Crippen LogP contribution is 2.23. The number of piperazine rings is 1. The number of hydrogen-bond donors (Lipinski definition) is 1. The van der Waals surface area contributed by atoms with Crippen molar-refractivity contribution in [2.45, 2.75) is 27.2 Å². The topological polar surface area (TPSA) is 35.6 Å². The quantitative estimate of drug-likeness (QED) is 0.842. The molecular weight excluding hydrogens is 262 g/mol. The van der Waals surface area contributed by atoms with Crippen LogP contribution in [0.4, 0.5) is 5.69 Å². The Kier molecular flexibility index (Phi) is 5.62. The van der Waals surface area contributed by atoms with E-state index in [4.69, 9.17) is 0 Å². The maximum Gasteiger partial charge on any atom is 0.223 e.